The summed E-state index contributed by atoms with van der Waals surface area (Å²) in [5, 5.41) is 10.6. The number of carbonyl (C=O) groups is 1. The lowest BCUT2D eigenvalue weighted by molar-refractivity contribution is -0.135. The second-order valence-corrected chi connectivity index (χ2v) is 8.61. The molecule has 2 saturated carbocycles. The van der Waals surface area contributed by atoms with Crippen molar-refractivity contribution in [2.45, 2.75) is 57.3 Å². The number of aliphatic hydroxyl groups excluding tert-OH is 1. The molecule has 0 unspecified atom stereocenters. The first-order valence-electron chi connectivity index (χ1n) is 9.31. The van der Waals surface area contributed by atoms with E-state index in [1.165, 1.54) is 0 Å². The van der Waals surface area contributed by atoms with Crippen LogP contribution in [0.1, 0.15) is 45.1 Å². The number of nitrogens with zero attached hydrogens (tertiary/aromatic N) is 1. The SMILES string of the molecule is CC1(C)[C@@H]2CC[C@@]13[C@@H](C2)OC(=S)N3C(=O)C[C@@H](O)/C=C/c1ccccc1. The van der Waals surface area contributed by atoms with Crippen molar-refractivity contribution in [2.24, 2.45) is 11.3 Å². The molecule has 3 aliphatic rings. The normalized spacial score (nSPS) is 32.7. The van der Waals surface area contributed by atoms with E-state index in [0.29, 0.717) is 5.92 Å². The molecule has 4 rings (SSSR count). The fourth-order valence-corrected chi connectivity index (χ4v) is 5.73. The number of amides is 1. The van der Waals surface area contributed by atoms with Crippen LogP contribution in [0.3, 0.4) is 0 Å². The van der Waals surface area contributed by atoms with Crippen molar-refractivity contribution in [1.82, 2.24) is 4.90 Å². The molecule has 5 heteroatoms. The molecule has 26 heavy (non-hydrogen) atoms. The van der Waals surface area contributed by atoms with E-state index in [1.54, 1.807) is 11.0 Å². The van der Waals surface area contributed by atoms with Crippen molar-refractivity contribution in [2.75, 3.05) is 0 Å². The number of hydrogen-bond acceptors (Lipinski definition) is 4. The maximum atomic E-state index is 13.1. The van der Waals surface area contributed by atoms with Gasteiger partial charge in [-0.3, -0.25) is 9.69 Å². The maximum Gasteiger partial charge on any atom is 0.267 e. The molecule has 0 aromatic heterocycles. The minimum Gasteiger partial charge on any atom is -0.465 e. The van der Waals surface area contributed by atoms with Gasteiger partial charge in [-0.15, -0.1) is 0 Å². The summed E-state index contributed by atoms with van der Waals surface area (Å²) < 4.78 is 5.93. The summed E-state index contributed by atoms with van der Waals surface area (Å²) >= 11 is 5.41. The Kier molecular flexibility index (Phi) is 4.20. The Morgan fingerprint density at radius 1 is 1.42 bits per heavy atom. The lowest BCUT2D eigenvalue weighted by atomic mass is 9.74. The highest BCUT2D eigenvalue weighted by Crippen LogP contribution is 2.65. The van der Waals surface area contributed by atoms with Crippen LogP contribution in [0.15, 0.2) is 36.4 Å². The maximum absolute atomic E-state index is 13.1. The number of hydrogen-bond donors (Lipinski definition) is 1. The average molecular weight is 372 g/mol. The number of fused-ring (bicyclic) bond motifs is 1. The second-order valence-electron chi connectivity index (χ2n) is 8.26. The van der Waals surface area contributed by atoms with Gasteiger partial charge in [-0.1, -0.05) is 56.3 Å². The molecule has 4 atom stereocenters. The largest absolute Gasteiger partial charge is 0.465 e. The Labute approximate surface area is 159 Å². The van der Waals surface area contributed by atoms with Crippen LogP contribution < -0.4 is 0 Å². The van der Waals surface area contributed by atoms with Crippen molar-refractivity contribution >= 4 is 29.4 Å². The number of thiocarbonyl (C=S) groups is 1. The van der Waals surface area contributed by atoms with Crippen LogP contribution in [0, 0.1) is 11.3 Å². The van der Waals surface area contributed by atoms with Crippen LogP contribution in [0.2, 0.25) is 0 Å². The Morgan fingerprint density at radius 2 is 2.15 bits per heavy atom. The first-order valence-corrected chi connectivity index (χ1v) is 9.72. The number of carbonyl (C=O) groups excluding carboxylic acids is 1. The zero-order valence-electron chi connectivity index (χ0n) is 15.2. The van der Waals surface area contributed by atoms with Crippen LogP contribution >= 0.6 is 12.2 Å². The summed E-state index contributed by atoms with van der Waals surface area (Å²) in [6.07, 6.45) is 5.68. The molecule has 1 N–H and O–H groups in total. The van der Waals surface area contributed by atoms with Crippen LogP contribution in [0.25, 0.3) is 6.08 Å². The average Bonchev–Trinajstić information content (AvgIpc) is 3.12. The third kappa shape index (κ3) is 2.44. The Morgan fingerprint density at radius 3 is 2.85 bits per heavy atom. The number of ether oxygens (including phenoxy) is 1. The molecule has 3 fully saturated rings. The van der Waals surface area contributed by atoms with E-state index in [4.69, 9.17) is 17.0 Å². The molecule has 4 nitrogen and oxygen atoms in total. The van der Waals surface area contributed by atoms with Crippen molar-refractivity contribution in [1.29, 1.82) is 0 Å². The van der Waals surface area contributed by atoms with E-state index in [9.17, 15) is 9.90 Å². The second kappa shape index (κ2) is 6.17. The predicted octanol–water partition coefficient (Wildman–Crippen LogP) is 3.54. The zero-order chi connectivity index (χ0) is 18.5. The molecular formula is C21H25NO3S. The third-order valence-electron chi connectivity index (χ3n) is 6.81. The van der Waals surface area contributed by atoms with Crippen molar-refractivity contribution in [3.8, 4) is 0 Å². The van der Waals surface area contributed by atoms with Crippen LogP contribution in [0.4, 0.5) is 0 Å². The summed E-state index contributed by atoms with van der Waals surface area (Å²) in [4.78, 5) is 14.8. The van der Waals surface area contributed by atoms with Crippen LogP contribution in [0.5, 0.6) is 0 Å². The predicted molar refractivity (Wildman–Crippen MR) is 104 cm³/mol. The summed E-state index contributed by atoms with van der Waals surface area (Å²) in [7, 11) is 0. The zero-order valence-corrected chi connectivity index (χ0v) is 16.0. The Hall–Kier alpha value is -1.72. The molecule has 2 bridgehead atoms. The minimum absolute atomic E-state index is 0.00436. The highest BCUT2D eigenvalue weighted by atomic mass is 32.1. The molecule has 1 amide bonds. The van der Waals surface area contributed by atoms with Gasteiger partial charge in [0.25, 0.3) is 5.17 Å². The van der Waals surface area contributed by atoms with Gasteiger partial charge in [-0.2, -0.15) is 0 Å². The molecule has 1 aromatic carbocycles. The highest BCUT2D eigenvalue weighted by Gasteiger charge is 2.72. The number of rotatable bonds is 4. The van der Waals surface area contributed by atoms with Gasteiger partial charge in [0, 0.05) is 0 Å². The topological polar surface area (TPSA) is 49.8 Å². The summed E-state index contributed by atoms with van der Waals surface area (Å²) in [6.45, 7) is 4.46. The molecule has 0 radical (unpaired) electrons. The summed E-state index contributed by atoms with van der Waals surface area (Å²) in [5.74, 6) is 0.423. The van der Waals surface area contributed by atoms with Crippen molar-refractivity contribution < 1.29 is 14.6 Å². The van der Waals surface area contributed by atoms with Crippen molar-refractivity contribution in [3.05, 3.63) is 42.0 Å². The molecule has 2 aliphatic carbocycles. The molecule has 1 aromatic rings. The van der Waals surface area contributed by atoms with Crippen molar-refractivity contribution in [3.63, 3.8) is 0 Å². The number of benzene rings is 1. The standard InChI is InChI=1S/C21H25NO3S/c1-20(2)15-10-11-21(20)17(12-15)25-19(26)22(21)18(24)13-16(23)9-8-14-6-4-3-5-7-14/h3-9,15-17,23H,10-13H2,1-2H3/b9-8+/t15-,16+,17-,21-/m1/s1. The molecule has 1 heterocycles. The third-order valence-corrected chi connectivity index (χ3v) is 7.09. The smallest absolute Gasteiger partial charge is 0.267 e. The molecule has 138 valence electrons. The Balaban J connectivity index is 1.51. The Bertz CT molecular complexity index is 760. The highest BCUT2D eigenvalue weighted by molar-refractivity contribution is 7.80. The minimum atomic E-state index is -0.845. The van der Waals surface area contributed by atoms with E-state index in [2.05, 4.69) is 13.8 Å². The quantitative estimate of drug-likeness (QED) is 0.823. The molecular weight excluding hydrogens is 346 g/mol. The van der Waals surface area contributed by atoms with E-state index in [0.717, 1.165) is 24.8 Å². The van der Waals surface area contributed by atoms with Gasteiger partial charge in [0.05, 0.1) is 18.1 Å². The first-order chi connectivity index (χ1) is 12.4. The molecule has 1 spiro atoms. The summed E-state index contributed by atoms with van der Waals surface area (Å²) in [5.41, 5.74) is 0.640. The van der Waals surface area contributed by atoms with Gasteiger partial charge < -0.3 is 9.84 Å². The molecule has 1 aliphatic heterocycles. The van der Waals surface area contributed by atoms with E-state index in [1.807, 2.05) is 36.4 Å². The van der Waals surface area contributed by atoms with Gasteiger partial charge in [0.2, 0.25) is 5.91 Å². The van der Waals surface area contributed by atoms with E-state index >= 15 is 0 Å². The van der Waals surface area contributed by atoms with Crippen LogP contribution in [-0.2, 0) is 9.53 Å². The fraction of sp³-hybridized carbons (Fsp3) is 0.524. The fourth-order valence-electron chi connectivity index (χ4n) is 5.35. The van der Waals surface area contributed by atoms with Gasteiger partial charge in [0.15, 0.2) is 0 Å². The first kappa shape index (κ1) is 17.7. The van der Waals surface area contributed by atoms with Gasteiger partial charge in [0.1, 0.15) is 6.10 Å². The van der Waals surface area contributed by atoms with Crippen LogP contribution in [-0.4, -0.2) is 38.8 Å². The van der Waals surface area contributed by atoms with E-state index in [-0.39, 0.29) is 34.6 Å². The monoisotopic (exact) mass is 371 g/mol. The van der Waals surface area contributed by atoms with Gasteiger partial charge in [-0.05, 0) is 48.4 Å². The summed E-state index contributed by atoms with van der Waals surface area (Å²) in [6, 6.07) is 9.74. The van der Waals surface area contributed by atoms with Gasteiger partial charge >= 0.3 is 0 Å². The van der Waals surface area contributed by atoms with E-state index < -0.39 is 6.10 Å². The molecule has 1 saturated heterocycles. The number of aliphatic hydroxyl groups is 1. The lowest BCUT2D eigenvalue weighted by Crippen LogP contribution is -2.57. The lowest BCUT2D eigenvalue weighted by Gasteiger charge is -2.42. The van der Waals surface area contributed by atoms with Gasteiger partial charge in [-0.25, -0.2) is 0 Å².